The Hall–Kier alpha value is -1.71. The Balaban J connectivity index is 1.79. The largest absolute Gasteiger partial charge is 0.497 e. The third-order valence-corrected chi connectivity index (χ3v) is 3.56. The maximum Gasteiger partial charge on any atom is 0.260 e. The molecule has 4 nitrogen and oxygen atoms in total. The van der Waals surface area contributed by atoms with Crippen LogP contribution in [-0.4, -0.2) is 37.6 Å². The van der Waals surface area contributed by atoms with Crippen LogP contribution in [0.1, 0.15) is 19.8 Å². The zero-order chi connectivity index (χ0) is 13.7. The highest BCUT2D eigenvalue weighted by Gasteiger charge is 2.20. The molecule has 104 valence electrons. The molecule has 0 spiro atoms. The second-order valence-electron chi connectivity index (χ2n) is 5.03. The van der Waals surface area contributed by atoms with E-state index >= 15 is 0 Å². The number of carbonyl (C=O) groups excluding carboxylic acids is 1. The molecule has 1 aromatic carbocycles. The van der Waals surface area contributed by atoms with E-state index in [9.17, 15) is 4.79 Å². The summed E-state index contributed by atoms with van der Waals surface area (Å²) >= 11 is 0. The van der Waals surface area contributed by atoms with E-state index < -0.39 is 0 Å². The third-order valence-electron chi connectivity index (χ3n) is 3.56. The van der Waals surface area contributed by atoms with Gasteiger partial charge in [0.2, 0.25) is 0 Å². The number of methoxy groups -OCH3 is 1. The minimum absolute atomic E-state index is 0.0720. The van der Waals surface area contributed by atoms with E-state index in [2.05, 4.69) is 6.92 Å². The number of rotatable bonds is 4. The van der Waals surface area contributed by atoms with E-state index in [1.54, 1.807) is 7.11 Å². The van der Waals surface area contributed by atoms with Crippen LogP contribution in [0.4, 0.5) is 0 Å². The van der Waals surface area contributed by atoms with E-state index in [4.69, 9.17) is 9.47 Å². The second kappa shape index (κ2) is 6.45. The average Bonchev–Trinajstić information content (AvgIpc) is 2.46. The van der Waals surface area contributed by atoms with E-state index in [-0.39, 0.29) is 12.5 Å². The van der Waals surface area contributed by atoms with Crippen molar-refractivity contribution in [2.75, 3.05) is 26.8 Å². The van der Waals surface area contributed by atoms with Gasteiger partial charge in [0, 0.05) is 13.1 Å². The summed E-state index contributed by atoms with van der Waals surface area (Å²) < 4.78 is 10.6. The van der Waals surface area contributed by atoms with Crippen LogP contribution < -0.4 is 9.47 Å². The summed E-state index contributed by atoms with van der Waals surface area (Å²) in [6.07, 6.45) is 2.18. The smallest absolute Gasteiger partial charge is 0.260 e. The van der Waals surface area contributed by atoms with Gasteiger partial charge in [-0.3, -0.25) is 4.79 Å². The van der Waals surface area contributed by atoms with Crippen molar-refractivity contribution in [3.63, 3.8) is 0 Å². The summed E-state index contributed by atoms with van der Waals surface area (Å²) in [5, 5.41) is 0. The van der Waals surface area contributed by atoms with Crippen molar-refractivity contribution in [2.24, 2.45) is 5.92 Å². The van der Waals surface area contributed by atoms with Gasteiger partial charge < -0.3 is 14.4 Å². The molecule has 1 amide bonds. The van der Waals surface area contributed by atoms with Gasteiger partial charge in [-0.15, -0.1) is 0 Å². The Morgan fingerprint density at radius 3 is 2.37 bits per heavy atom. The van der Waals surface area contributed by atoms with Gasteiger partial charge in [0.05, 0.1) is 7.11 Å². The lowest BCUT2D eigenvalue weighted by molar-refractivity contribution is -0.134. The molecule has 1 fully saturated rings. The van der Waals surface area contributed by atoms with Crippen LogP contribution in [-0.2, 0) is 4.79 Å². The molecule has 1 aliphatic heterocycles. The summed E-state index contributed by atoms with van der Waals surface area (Å²) in [6.45, 7) is 4.05. The van der Waals surface area contributed by atoms with Gasteiger partial charge in [-0.1, -0.05) is 6.92 Å². The SMILES string of the molecule is COc1ccc(OCC(=O)N2CCC(C)CC2)cc1. The van der Waals surface area contributed by atoms with Gasteiger partial charge in [0.25, 0.3) is 5.91 Å². The molecule has 1 aliphatic rings. The monoisotopic (exact) mass is 263 g/mol. The summed E-state index contributed by atoms with van der Waals surface area (Å²) in [7, 11) is 1.62. The lowest BCUT2D eigenvalue weighted by Crippen LogP contribution is -2.40. The van der Waals surface area contributed by atoms with Gasteiger partial charge in [0.15, 0.2) is 6.61 Å². The number of carbonyl (C=O) groups is 1. The number of hydrogen-bond donors (Lipinski definition) is 0. The van der Waals surface area contributed by atoms with Crippen molar-refractivity contribution in [3.8, 4) is 11.5 Å². The number of likely N-dealkylation sites (tertiary alicyclic amines) is 1. The second-order valence-corrected chi connectivity index (χ2v) is 5.03. The van der Waals surface area contributed by atoms with Crippen molar-refractivity contribution in [1.29, 1.82) is 0 Å². The van der Waals surface area contributed by atoms with Crippen molar-refractivity contribution < 1.29 is 14.3 Å². The number of benzene rings is 1. The molecule has 1 aromatic rings. The molecule has 1 heterocycles. The fourth-order valence-corrected chi connectivity index (χ4v) is 2.17. The molecule has 0 N–H and O–H groups in total. The van der Waals surface area contributed by atoms with Crippen LogP contribution in [0.15, 0.2) is 24.3 Å². The molecule has 0 radical (unpaired) electrons. The quantitative estimate of drug-likeness (QED) is 0.837. The molecule has 0 unspecified atom stereocenters. The zero-order valence-corrected chi connectivity index (χ0v) is 11.6. The third kappa shape index (κ3) is 3.88. The van der Waals surface area contributed by atoms with Crippen molar-refractivity contribution in [3.05, 3.63) is 24.3 Å². The van der Waals surface area contributed by atoms with Gasteiger partial charge in [-0.05, 0) is 43.0 Å². The summed E-state index contributed by atoms with van der Waals surface area (Å²) in [6, 6.07) is 7.26. The summed E-state index contributed by atoms with van der Waals surface area (Å²) in [5.74, 6) is 2.28. The first-order valence-corrected chi connectivity index (χ1v) is 6.73. The zero-order valence-electron chi connectivity index (χ0n) is 11.6. The highest BCUT2D eigenvalue weighted by Crippen LogP contribution is 2.18. The lowest BCUT2D eigenvalue weighted by Gasteiger charge is -2.30. The molecule has 0 aliphatic carbocycles. The Morgan fingerprint density at radius 2 is 1.79 bits per heavy atom. The molecule has 0 aromatic heterocycles. The maximum absolute atomic E-state index is 12.0. The Bertz CT molecular complexity index is 408. The standard InChI is InChI=1S/C15H21NO3/c1-12-7-9-16(10-8-12)15(17)11-19-14-5-3-13(18-2)4-6-14/h3-6,12H,7-11H2,1-2H3. The van der Waals surface area contributed by atoms with E-state index in [0.717, 1.165) is 37.6 Å². The Kier molecular flexibility index (Phi) is 4.66. The fraction of sp³-hybridized carbons (Fsp3) is 0.533. The predicted molar refractivity (Wildman–Crippen MR) is 73.5 cm³/mol. The average molecular weight is 263 g/mol. The Morgan fingerprint density at radius 1 is 1.21 bits per heavy atom. The highest BCUT2D eigenvalue weighted by molar-refractivity contribution is 5.77. The summed E-state index contributed by atoms with van der Waals surface area (Å²) in [5.41, 5.74) is 0. The van der Waals surface area contributed by atoms with E-state index in [1.165, 1.54) is 0 Å². The number of nitrogens with zero attached hydrogens (tertiary/aromatic N) is 1. The normalized spacial score (nSPS) is 16.2. The first-order valence-electron chi connectivity index (χ1n) is 6.73. The molecule has 0 bridgehead atoms. The van der Waals surface area contributed by atoms with Gasteiger partial charge >= 0.3 is 0 Å². The molecule has 2 rings (SSSR count). The molecule has 19 heavy (non-hydrogen) atoms. The molecule has 1 saturated heterocycles. The number of hydrogen-bond acceptors (Lipinski definition) is 3. The Labute approximate surface area is 114 Å². The lowest BCUT2D eigenvalue weighted by atomic mass is 9.99. The van der Waals surface area contributed by atoms with Crippen LogP contribution in [0.2, 0.25) is 0 Å². The van der Waals surface area contributed by atoms with Crippen LogP contribution in [0.5, 0.6) is 11.5 Å². The minimum atomic E-state index is 0.0720. The van der Waals surface area contributed by atoms with Crippen LogP contribution in [0.3, 0.4) is 0 Å². The van der Waals surface area contributed by atoms with Crippen LogP contribution >= 0.6 is 0 Å². The first kappa shape index (κ1) is 13.7. The van der Waals surface area contributed by atoms with Crippen LogP contribution in [0, 0.1) is 5.92 Å². The van der Waals surface area contributed by atoms with Gasteiger partial charge in [-0.2, -0.15) is 0 Å². The van der Waals surface area contributed by atoms with E-state index in [0.29, 0.717) is 5.75 Å². The molecule has 0 saturated carbocycles. The fourth-order valence-electron chi connectivity index (χ4n) is 2.17. The molecule has 0 atom stereocenters. The number of amides is 1. The van der Waals surface area contributed by atoms with Crippen molar-refractivity contribution in [1.82, 2.24) is 4.90 Å². The van der Waals surface area contributed by atoms with E-state index in [1.807, 2.05) is 29.2 Å². The topological polar surface area (TPSA) is 38.8 Å². The molecule has 4 heteroatoms. The van der Waals surface area contributed by atoms with Crippen LogP contribution in [0.25, 0.3) is 0 Å². The predicted octanol–water partition coefficient (Wildman–Crippen LogP) is 2.33. The number of ether oxygens (including phenoxy) is 2. The minimum Gasteiger partial charge on any atom is -0.497 e. The number of piperidine rings is 1. The van der Waals surface area contributed by atoms with Crippen molar-refractivity contribution >= 4 is 5.91 Å². The summed E-state index contributed by atoms with van der Waals surface area (Å²) in [4.78, 5) is 13.9. The molecular weight excluding hydrogens is 242 g/mol. The van der Waals surface area contributed by atoms with Gasteiger partial charge in [-0.25, -0.2) is 0 Å². The van der Waals surface area contributed by atoms with Crippen molar-refractivity contribution in [2.45, 2.75) is 19.8 Å². The van der Waals surface area contributed by atoms with Gasteiger partial charge in [0.1, 0.15) is 11.5 Å². The first-order chi connectivity index (χ1) is 9.19. The molecular formula is C15H21NO3. The highest BCUT2D eigenvalue weighted by atomic mass is 16.5. The maximum atomic E-state index is 12.0.